The maximum atomic E-state index is 12.0. The van der Waals surface area contributed by atoms with E-state index in [-0.39, 0.29) is 11.8 Å². The molecule has 2 rings (SSSR count). The molecule has 0 atom stereocenters. The molecule has 0 aliphatic carbocycles. The average molecular weight is 375 g/mol. The van der Waals surface area contributed by atoms with Crippen molar-refractivity contribution in [1.29, 1.82) is 0 Å². The van der Waals surface area contributed by atoms with Crippen molar-refractivity contribution in [2.45, 2.75) is 13.5 Å². The highest BCUT2D eigenvalue weighted by Gasteiger charge is 2.10. The maximum Gasteiger partial charge on any atom is 0.251 e. The first-order valence-electron chi connectivity index (χ1n) is 7.39. The zero-order valence-corrected chi connectivity index (χ0v) is 14.5. The van der Waals surface area contributed by atoms with E-state index >= 15 is 0 Å². The number of halogens is 1. The number of amides is 2. The number of rotatable bonds is 6. The molecular weight excluding hydrogens is 356 g/mol. The first-order chi connectivity index (χ1) is 11.1. The van der Waals surface area contributed by atoms with Gasteiger partial charge in [-0.15, -0.1) is 0 Å². The summed E-state index contributed by atoms with van der Waals surface area (Å²) in [6, 6.07) is 17.0. The molecule has 2 aromatic carbocycles. The van der Waals surface area contributed by atoms with Crippen molar-refractivity contribution in [3.8, 4) is 0 Å². The van der Waals surface area contributed by atoms with Crippen LogP contribution in [-0.4, -0.2) is 29.8 Å². The van der Waals surface area contributed by atoms with Gasteiger partial charge < -0.3 is 10.2 Å². The fraction of sp³-hybridized carbons (Fsp3) is 0.222. The van der Waals surface area contributed by atoms with Crippen molar-refractivity contribution >= 4 is 27.7 Å². The number of nitrogens with one attached hydrogen (secondary N) is 1. The second kappa shape index (κ2) is 8.48. The summed E-state index contributed by atoms with van der Waals surface area (Å²) in [5, 5.41) is 2.84. The molecule has 2 aromatic rings. The first-order valence-corrected chi connectivity index (χ1v) is 8.19. The fourth-order valence-corrected chi connectivity index (χ4v) is 2.42. The maximum absolute atomic E-state index is 12.0. The molecule has 0 bridgehead atoms. The molecule has 0 aliphatic heterocycles. The standard InChI is InChI=1S/C18H19BrN2O2/c1-14(22)21(13-15-5-3-2-4-6-15)12-11-20-18(23)16-7-9-17(19)10-8-16/h2-10H,11-13H2,1H3,(H,20,23). The molecule has 0 radical (unpaired) electrons. The normalized spacial score (nSPS) is 10.2. The Labute approximate surface area is 144 Å². The van der Waals surface area contributed by atoms with E-state index in [0.717, 1.165) is 10.0 Å². The van der Waals surface area contributed by atoms with E-state index in [4.69, 9.17) is 0 Å². The highest BCUT2D eigenvalue weighted by Crippen LogP contribution is 2.10. The van der Waals surface area contributed by atoms with Gasteiger partial charge in [0.1, 0.15) is 0 Å². The zero-order chi connectivity index (χ0) is 16.7. The summed E-state index contributed by atoms with van der Waals surface area (Å²) in [7, 11) is 0. The van der Waals surface area contributed by atoms with Gasteiger partial charge in [0.15, 0.2) is 0 Å². The molecule has 0 aliphatic rings. The number of hydrogen-bond acceptors (Lipinski definition) is 2. The molecule has 23 heavy (non-hydrogen) atoms. The van der Waals surface area contributed by atoms with Gasteiger partial charge in [0, 0.05) is 36.6 Å². The molecule has 0 unspecified atom stereocenters. The molecule has 1 N–H and O–H groups in total. The van der Waals surface area contributed by atoms with Crippen molar-refractivity contribution in [3.05, 3.63) is 70.2 Å². The smallest absolute Gasteiger partial charge is 0.251 e. The Morgan fingerprint density at radius 3 is 2.30 bits per heavy atom. The van der Waals surface area contributed by atoms with Gasteiger partial charge in [-0.25, -0.2) is 0 Å². The van der Waals surface area contributed by atoms with E-state index in [1.165, 1.54) is 0 Å². The summed E-state index contributed by atoms with van der Waals surface area (Å²) < 4.78 is 0.930. The van der Waals surface area contributed by atoms with Crippen LogP contribution in [0.2, 0.25) is 0 Å². The van der Waals surface area contributed by atoms with E-state index in [9.17, 15) is 9.59 Å². The van der Waals surface area contributed by atoms with E-state index in [0.29, 0.717) is 25.2 Å². The Hall–Kier alpha value is -2.14. The minimum Gasteiger partial charge on any atom is -0.350 e. The SMILES string of the molecule is CC(=O)N(CCNC(=O)c1ccc(Br)cc1)Cc1ccccc1. The summed E-state index contributed by atoms with van der Waals surface area (Å²) in [4.78, 5) is 25.5. The number of hydrogen-bond donors (Lipinski definition) is 1. The quantitative estimate of drug-likeness (QED) is 0.843. The number of benzene rings is 2. The van der Waals surface area contributed by atoms with Crippen LogP contribution < -0.4 is 5.32 Å². The minimum atomic E-state index is -0.138. The van der Waals surface area contributed by atoms with Crippen molar-refractivity contribution < 1.29 is 9.59 Å². The van der Waals surface area contributed by atoms with Gasteiger partial charge in [-0.1, -0.05) is 46.3 Å². The van der Waals surface area contributed by atoms with Crippen molar-refractivity contribution in [3.63, 3.8) is 0 Å². The molecule has 0 fully saturated rings. The molecular formula is C18H19BrN2O2. The second-order valence-electron chi connectivity index (χ2n) is 5.19. The lowest BCUT2D eigenvalue weighted by Gasteiger charge is -2.21. The summed E-state index contributed by atoms with van der Waals surface area (Å²) in [5.74, 6) is -0.146. The molecule has 0 aromatic heterocycles. The highest BCUT2D eigenvalue weighted by atomic mass is 79.9. The molecule has 0 saturated carbocycles. The lowest BCUT2D eigenvalue weighted by molar-refractivity contribution is -0.129. The Balaban J connectivity index is 1.85. The number of carbonyl (C=O) groups excluding carboxylic acids is 2. The molecule has 0 spiro atoms. The van der Waals surface area contributed by atoms with Gasteiger partial charge in [-0.05, 0) is 29.8 Å². The third-order valence-electron chi connectivity index (χ3n) is 3.44. The van der Waals surface area contributed by atoms with E-state index in [2.05, 4.69) is 21.2 Å². The van der Waals surface area contributed by atoms with Crippen molar-refractivity contribution in [2.24, 2.45) is 0 Å². The van der Waals surface area contributed by atoms with Crippen molar-refractivity contribution in [2.75, 3.05) is 13.1 Å². The highest BCUT2D eigenvalue weighted by molar-refractivity contribution is 9.10. The predicted molar refractivity (Wildman–Crippen MR) is 94.0 cm³/mol. The Morgan fingerprint density at radius 2 is 1.70 bits per heavy atom. The van der Waals surface area contributed by atoms with Gasteiger partial charge in [0.05, 0.1) is 0 Å². The second-order valence-corrected chi connectivity index (χ2v) is 6.10. The van der Waals surface area contributed by atoms with Crippen LogP contribution in [0.25, 0.3) is 0 Å². The van der Waals surface area contributed by atoms with Crippen LogP contribution in [0.5, 0.6) is 0 Å². The van der Waals surface area contributed by atoms with Gasteiger partial charge in [-0.2, -0.15) is 0 Å². The topological polar surface area (TPSA) is 49.4 Å². The molecule has 2 amide bonds. The van der Waals surface area contributed by atoms with Crippen LogP contribution in [-0.2, 0) is 11.3 Å². The van der Waals surface area contributed by atoms with Gasteiger partial charge in [-0.3, -0.25) is 9.59 Å². The van der Waals surface area contributed by atoms with Gasteiger partial charge >= 0.3 is 0 Å². The van der Waals surface area contributed by atoms with E-state index in [1.54, 1.807) is 24.0 Å². The first kappa shape index (κ1) is 17.2. The lowest BCUT2D eigenvalue weighted by atomic mass is 10.2. The Bertz CT molecular complexity index is 656. The van der Waals surface area contributed by atoms with Crippen LogP contribution >= 0.6 is 15.9 Å². The fourth-order valence-electron chi connectivity index (χ4n) is 2.16. The monoisotopic (exact) mass is 374 g/mol. The summed E-state index contributed by atoms with van der Waals surface area (Å²) >= 11 is 3.34. The molecule has 0 heterocycles. The van der Waals surface area contributed by atoms with Crippen LogP contribution in [0.3, 0.4) is 0 Å². The number of carbonyl (C=O) groups is 2. The van der Waals surface area contributed by atoms with E-state index < -0.39 is 0 Å². The third kappa shape index (κ3) is 5.53. The Morgan fingerprint density at radius 1 is 1.04 bits per heavy atom. The van der Waals surface area contributed by atoms with Crippen LogP contribution in [0, 0.1) is 0 Å². The predicted octanol–water partition coefficient (Wildman–Crippen LogP) is 3.23. The average Bonchev–Trinajstić information content (AvgIpc) is 2.55. The van der Waals surface area contributed by atoms with Gasteiger partial charge in [0.25, 0.3) is 5.91 Å². The molecule has 120 valence electrons. The van der Waals surface area contributed by atoms with Crippen molar-refractivity contribution in [1.82, 2.24) is 10.2 Å². The van der Waals surface area contributed by atoms with Gasteiger partial charge in [0.2, 0.25) is 5.91 Å². The zero-order valence-electron chi connectivity index (χ0n) is 13.0. The molecule has 5 heteroatoms. The number of nitrogens with zero attached hydrogens (tertiary/aromatic N) is 1. The van der Waals surface area contributed by atoms with E-state index in [1.807, 2.05) is 42.5 Å². The summed E-state index contributed by atoms with van der Waals surface area (Å²) in [6.45, 7) is 2.98. The minimum absolute atomic E-state index is 0.00764. The van der Waals surface area contributed by atoms with Crippen LogP contribution in [0.4, 0.5) is 0 Å². The largest absolute Gasteiger partial charge is 0.350 e. The lowest BCUT2D eigenvalue weighted by Crippen LogP contribution is -2.37. The molecule has 0 saturated heterocycles. The third-order valence-corrected chi connectivity index (χ3v) is 3.96. The summed E-state index contributed by atoms with van der Waals surface area (Å²) in [6.07, 6.45) is 0. The Kier molecular flexibility index (Phi) is 6.35. The summed E-state index contributed by atoms with van der Waals surface area (Å²) in [5.41, 5.74) is 1.67. The van der Waals surface area contributed by atoms with Crippen LogP contribution in [0.15, 0.2) is 59.1 Å². The van der Waals surface area contributed by atoms with Crippen LogP contribution in [0.1, 0.15) is 22.8 Å². The molecule has 4 nitrogen and oxygen atoms in total.